The van der Waals surface area contributed by atoms with E-state index in [0.717, 1.165) is 0 Å². The summed E-state index contributed by atoms with van der Waals surface area (Å²) in [5.74, 6) is 0. The summed E-state index contributed by atoms with van der Waals surface area (Å²) < 4.78 is 0. The van der Waals surface area contributed by atoms with Crippen molar-refractivity contribution >= 4 is 0 Å². The largest absolute Gasteiger partial charge is 0.307 e. The predicted molar refractivity (Wildman–Crippen MR) is 82.5 cm³/mol. The van der Waals surface area contributed by atoms with Crippen molar-refractivity contribution in [3.63, 3.8) is 0 Å². The fourth-order valence-electron chi connectivity index (χ4n) is 2.94. The van der Waals surface area contributed by atoms with Crippen LogP contribution in [0.1, 0.15) is 50.3 Å². The first-order chi connectivity index (χ1) is 9.19. The van der Waals surface area contributed by atoms with Crippen molar-refractivity contribution < 1.29 is 0 Å². The molecular formula is C17H28N2. The van der Waals surface area contributed by atoms with Gasteiger partial charge in [-0.25, -0.2) is 0 Å². The highest BCUT2D eigenvalue weighted by atomic mass is 15.1. The van der Waals surface area contributed by atoms with Crippen molar-refractivity contribution in [2.45, 2.75) is 52.1 Å². The Kier molecular flexibility index (Phi) is 5.41. The smallest absolute Gasteiger partial charge is 0.0294 e. The van der Waals surface area contributed by atoms with E-state index in [2.05, 4.69) is 55.3 Å². The summed E-state index contributed by atoms with van der Waals surface area (Å²) in [7, 11) is 0. The number of aryl methyl sites for hydroxylation is 1. The first kappa shape index (κ1) is 14.5. The van der Waals surface area contributed by atoms with E-state index < -0.39 is 0 Å². The molecule has 0 bridgehead atoms. The lowest BCUT2D eigenvalue weighted by atomic mass is 10.0. The standard InChI is InChI=1S/C17H28N2/c1-4-11-19-12-9-17(10-13-19)18-15(3)16-7-5-14(2)6-8-16/h5-8,15,17-18H,4,9-13H2,1-3H3/t15-/m1/s1. The van der Waals surface area contributed by atoms with Crippen LogP contribution in [-0.2, 0) is 0 Å². The molecule has 1 aromatic rings. The molecule has 1 heterocycles. The van der Waals surface area contributed by atoms with Crippen LogP contribution in [-0.4, -0.2) is 30.6 Å². The van der Waals surface area contributed by atoms with Crippen LogP contribution in [0.5, 0.6) is 0 Å². The van der Waals surface area contributed by atoms with Crippen molar-refractivity contribution in [1.29, 1.82) is 0 Å². The first-order valence-electron chi connectivity index (χ1n) is 7.74. The van der Waals surface area contributed by atoms with Crippen molar-refractivity contribution in [2.24, 2.45) is 0 Å². The fourth-order valence-corrected chi connectivity index (χ4v) is 2.94. The number of hydrogen-bond donors (Lipinski definition) is 1. The molecule has 0 saturated carbocycles. The maximum absolute atomic E-state index is 3.79. The van der Waals surface area contributed by atoms with Gasteiger partial charge in [0, 0.05) is 12.1 Å². The maximum Gasteiger partial charge on any atom is 0.0294 e. The van der Waals surface area contributed by atoms with E-state index in [1.165, 1.54) is 50.0 Å². The van der Waals surface area contributed by atoms with Gasteiger partial charge in [-0.15, -0.1) is 0 Å². The van der Waals surface area contributed by atoms with E-state index in [0.29, 0.717) is 12.1 Å². The summed E-state index contributed by atoms with van der Waals surface area (Å²) in [6, 6.07) is 10.1. The van der Waals surface area contributed by atoms with Crippen LogP contribution in [0.4, 0.5) is 0 Å². The van der Waals surface area contributed by atoms with Gasteiger partial charge in [0.15, 0.2) is 0 Å². The molecule has 0 spiro atoms. The third-order valence-electron chi connectivity index (χ3n) is 4.19. The minimum Gasteiger partial charge on any atom is -0.307 e. The maximum atomic E-state index is 3.79. The van der Waals surface area contributed by atoms with Gasteiger partial charge in [-0.3, -0.25) is 0 Å². The molecular weight excluding hydrogens is 232 g/mol. The van der Waals surface area contributed by atoms with Gasteiger partial charge in [0.25, 0.3) is 0 Å². The molecule has 1 aliphatic heterocycles. The molecule has 0 radical (unpaired) electrons. The summed E-state index contributed by atoms with van der Waals surface area (Å²) in [4.78, 5) is 2.59. The van der Waals surface area contributed by atoms with Gasteiger partial charge >= 0.3 is 0 Å². The van der Waals surface area contributed by atoms with Crippen molar-refractivity contribution in [3.8, 4) is 0 Å². The third-order valence-corrected chi connectivity index (χ3v) is 4.19. The van der Waals surface area contributed by atoms with E-state index in [4.69, 9.17) is 0 Å². The Morgan fingerprint density at radius 1 is 1.21 bits per heavy atom. The second-order valence-electron chi connectivity index (χ2n) is 5.91. The van der Waals surface area contributed by atoms with Crippen LogP contribution in [0.25, 0.3) is 0 Å². The average molecular weight is 260 g/mol. The quantitative estimate of drug-likeness (QED) is 0.871. The zero-order valence-electron chi connectivity index (χ0n) is 12.7. The lowest BCUT2D eigenvalue weighted by Crippen LogP contribution is -2.43. The molecule has 0 aromatic heterocycles. The molecule has 2 heteroatoms. The molecule has 1 aliphatic rings. The Hall–Kier alpha value is -0.860. The molecule has 1 atom stereocenters. The molecule has 0 unspecified atom stereocenters. The van der Waals surface area contributed by atoms with E-state index in [1.807, 2.05) is 0 Å². The highest BCUT2D eigenvalue weighted by Crippen LogP contribution is 2.18. The highest BCUT2D eigenvalue weighted by Gasteiger charge is 2.20. The second-order valence-corrected chi connectivity index (χ2v) is 5.91. The Balaban J connectivity index is 1.80. The Morgan fingerprint density at radius 2 is 1.84 bits per heavy atom. The molecule has 1 fully saturated rings. The number of hydrogen-bond acceptors (Lipinski definition) is 2. The first-order valence-corrected chi connectivity index (χ1v) is 7.74. The Labute approximate surface area is 118 Å². The van der Waals surface area contributed by atoms with Gasteiger partial charge in [-0.1, -0.05) is 36.8 Å². The zero-order valence-corrected chi connectivity index (χ0v) is 12.7. The highest BCUT2D eigenvalue weighted by molar-refractivity contribution is 5.23. The number of piperidine rings is 1. The van der Waals surface area contributed by atoms with Crippen molar-refractivity contribution in [3.05, 3.63) is 35.4 Å². The fraction of sp³-hybridized carbons (Fsp3) is 0.647. The summed E-state index contributed by atoms with van der Waals surface area (Å²) in [5, 5.41) is 3.79. The lowest BCUT2D eigenvalue weighted by molar-refractivity contribution is 0.192. The molecule has 1 N–H and O–H groups in total. The van der Waals surface area contributed by atoms with Gasteiger partial charge in [0.2, 0.25) is 0 Å². The molecule has 19 heavy (non-hydrogen) atoms. The molecule has 1 saturated heterocycles. The van der Waals surface area contributed by atoms with E-state index in [1.54, 1.807) is 0 Å². The monoisotopic (exact) mass is 260 g/mol. The van der Waals surface area contributed by atoms with E-state index in [9.17, 15) is 0 Å². The topological polar surface area (TPSA) is 15.3 Å². The van der Waals surface area contributed by atoms with E-state index in [-0.39, 0.29) is 0 Å². The number of nitrogens with zero attached hydrogens (tertiary/aromatic N) is 1. The summed E-state index contributed by atoms with van der Waals surface area (Å²) in [6.07, 6.45) is 3.85. The molecule has 0 amide bonds. The molecule has 2 rings (SSSR count). The summed E-state index contributed by atoms with van der Waals surface area (Å²) in [6.45, 7) is 10.5. The Morgan fingerprint density at radius 3 is 2.42 bits per heavy atom. The van der Waals surface area contributed by atoms with Gasteiger partial charge in [0.05, 0.1) is 0 Å². The van der Waals surface area contributed by atoms with Crippen LogP contribution in [0.15, 0.2) is 24.3 Å². The number of rotatable bonds is 5. The normalized spacial score (nSPS) is 19.5. The SMILES string of the molecule is CCCN1CCC(N[C@H](C)c2ccc(C)cc2)CC1. The van der Waals surface area contributed by atoms with Gasteiger partial charge in [-0.2, -0.15) is 0 Å². The van der Waals surface area contributed by atoms with Crippen molar-refractivity contribution in [2.75, 3.05) is 19.6 Å². The van der Waals surface area contributed by atoms with Crippen molar-refractivity contribution in [1.82, 2.24) is 10.2 Å². The second kappa shape index (κ2) is 7.06. The molecule has 1 aromatic carbocycles. The third kappa shape index (κ3) is 4.32. The van der Waals surface area contributed by atoms with Crippen LogP contribution < -0.4 is 5.32 Å². The number of nitrogens with one attached hydrogen (secondary N) is 1. The molecule has 106 valence electrons. The minimum atomic E-state index is 0.461. The van der Waals surface area contributed by atoms with Crippen LogP contribution in [0.2, 0.25) is 0 Å². The van der Waals surface area contributed by atoms with Gasteiger partial charge in [-0.05, 0) is 58.3 Å². The summed E-state index contributed by atoms with van der Waals surface area (Å²) in [5.41, 5.74) is 2.74. The van der Waals surface area contributed by atoms with Crippen LogP contribution in [0.3, 0.4) is 0 Å². The Bertz CT molecular complexity index is 363. The lowest BCUT2D eigenvalue weighted by Gasteiger charge is -2.33. The zero-order chi connectivity index (χ0) is 13.7. The van der Waals surface area contributed by atoms with Gasteiger partial charge in [0.1, 0.15) is 0 Å². The average Bonchev–Trinajstić information content (AvgIpc) is 2.42. The predicted octanol–water partition coefficient (Wildman–Crippen LogP) is 3.52. The van der Waals surface area contributed by atoms with Crippen LogP contribution in [0, 0.1) is 6.92 Å². The minimum absolute atomic E-state index is 0.461. The van der Waals surface area contributed by atoms with Crippen LogP contribution >= 0.6 is 0 Å². The van der Waals surface area contributed by atoms with Gasteiger partial charge < -0.3 is 10.2 Å². The van der Waals surface area contributed by atoms with E-state index >= 15 is 0 Å². The number of benzene rings is 1. The summed E-state index contributed by atoms with van der Waals surface area (Å²) >= 11 is 0. The number of likely N-dealkylation sites (tertiary alicyclic amines) is 1. The molecule has 0 aliphatic carbocycles. The molecule has 2 nitrogen and oxygen atoms in total.